The summed E-state index contributed by atoms with van der Waals surface area (Å²) in [5, 5.41) is 3.74. The Hall–Kier alpha value is -3.28. The molecule has 1 N–H and O–H groups in total. The van der Waals surface area contributed by atoms with Gasteiger partial charge in [-0.15, -0.1) is 0 Å². The van der Waals surface area contributed by atoms with Gasteiger partial charge >= 0.3 is 6.03 Å². The van der Waals surface area contributed by atoms with Crippen molar-refractivity contribution in [2.75, 3.05) is 0 Å². The second-order valence-electron chi connectivity index (χ2n) is 6.15. The molecule has 124 valence electrons. The number of nitrogens with zero attached hydrogens (tertiary/aromatic N) is 3. The van der Waals surface area contributed by atoms with Crippen molar-refractivity contribution in [1.29, 1.82) is 0 Å². The van der Waals surface area contributed by atoms with Gasteiger partial charge in [0, 0.05) is 17.8 Å². The molecule has 3 heterocycles. The minimum Gasteiger partial charge on any atom is -0.318 e. The molecular formula is C19H16N4O2. The predicted octanol–water partition coefficient (Wildman–Crippen LogP) is 2.60. The Kier molecular flexibility index (Phi) is 3.46. The van der Waals surface area contributed by atoms with Crippen LogP contribution in [0.1, 0.15) is 18.2 Å². The molecule has 6 heteroatoms. The fourth-order valence-corrected chi connectivity index (χ4v) is 3.14. The number of amides is 3. The molecule has 6 nitrogen and oxygen atoms in total. The van der Waals surface area contributed by atoms with Crippen molar-refractivity contribution in [3.8, 4) is 0 Å². The van der Waals surface area contributed by atoms with Gasteiger partial charge in [0.15, 0.2) is 5.54 Å². The van der Waals surface area contributed by atoms with Gasteiger partial charge in [-0.1, -0.05) is 30.3 Å². The van der Waals surface area contributed by atoms with Gasteiger partial charge in [-0.2, -0.15) is 0 Å². The molecule has 2 aromatic heterocycles. The van der Waals surface area contributed by atoms with Crippen LogP contribution in [0.2, 0.25) is 0 Å². The zero-order valence-electron chi connectivity index (χ0n) is 13.6. The molecule has 1 aliphatic heterocycles. The summed E-state index contributed by atoms with van der Waals surface area (Å²) in [5.74, 6) is -0.316. The van der Waals surface area contributed by atoms with Gasteiger partial charge in [-0.3, -0.25) is 19.7 Å². The van der Waals surface area contributed by atoms with Crippen LogP contribution in [0.5, 0.6) is 0 Å². The number of benzene rings is 1. The number of hydrogen-bond donors (Lipinski definition) is 1. The highest BCUT2D eigenvalue weighted by atomic mass is 16.2. The first-order valence-corrected chi connectivity index (χ1v) is 7.98. The van der Waals surface area contributed by atoms with Crippen LogP contribution in [0.25, 0.3) is 10.9 Å². The number of nitrogens with one attached hydrogen (secondary N) is 1. The minimum absolute atomic E-state index is 0.168. The molecule has 0 bridgehead atoms. The average molecular weight is 332 g/mol. The first-order chi connectivity index (χ1) is 12.1. The standard InChI is InChI=1S/C19H16N4O2/c1-19(15-9-2-3-10-20-15)17(24)23(18(25)22-19)12-14-7-4-6-13-8-5-11-21-16(13)14/h2-11H,12H2,1H3,(H,22,25). The smallest absolute Gasteiger partial charge is 0.318 e. The number of rotatable bonds is 3. The van der Waals surface area contributed by atoms with E-state index in [1.54, 1.807) is 37.5 Å². The Balaban J connectivity index is 1.70. The number of imide groups is 1. The number of fused-ring (bicyclic) bond motifs is 1. The highest BCUT2D eigenvalue weighted by molar-refractivity contribution is 6.07. The van der Waals surface area contributed by atoms with Crippen LogP contribution in [0.15, 0.2) is 60.9 Å². The van der Waals surface area contributed by atoms with E-state index in [1.165, 1.54) is 4.90 Å². The summed E-state index contributed by atoms with van der Waals surface area (Å²) < 4.78 is 0. The number of para-hydroxylation sites is 1. The summed E-state index contributed by atoms with van der Waals surface area (Å²) in [6.45, 7) is 1.85. The molecule has 3 aromatic rings. The molecule has 1 atom stereocenters. The molecule has 0 saturated carbocycles. The molecule has 0 aliphatic carbocycles. The summed E-state index contributed by atoms with van der Waals surface area (Å²) in [6.07, 6.45) is 3.31. The fraction of sp³-hybridized carbons (Fsp3) is 0.158. The number of urea groups is 1. The summed E-state index contributed by atoms with van der Waals surface area (Å²) in [4.78, 5) is 35.3. The first-order valence-electron chi connectivity index (χ1n) is 7.98. The maximum Gasteiger partial charge on any atom is 0.325 e. The van der Waals surface area contributed by atoms with E-state index in [0.29, 0.717) is 5.69 Å². The lowest BCUT2D eigenvalue weighted by molar-refractivity contribution is -0.131. The second-order valence-corrected chi connectivity index (χ2v) is 6.15. The van der Waals surface area contributed by atoms with Gasteiger partial charge in [-0.05, 0) is 30.7 Å². The van der Waals surface area contributed by atoms with E-state index < -0.39 is 11.6 Å². The molecule has 4 rings (SSSR count). The number of pyridine rings is 2. The molecule has 0 radical (unpaired) electrons. The lowest BCUT2D eigenvalue weighted by Gasteiger charge is -2.21. The average Bonchev–Trinajstić information content (AvgIpc) is 2.87. The van der Waals surface area contributed by atoms with E-state index in [4.69, 9.17) is 0 Å². The summed E-state index contributed by atoms with van der Waals surface area (Å²) in [5.41, 5.74) is 0.979. The minimum atomic E-state index is -1.16. The van der Waals surface area contributed by atoms with Crippen molar-refractivity contribution in [2.24, 2.45) is 0 Å². The normalized spacial score (nSPS) is 20.1. The van der Waals surface area contributed by atoms with Crippen LogP contribution in [-0.4, -0.2) is 26.8 Å². The van der Waals surface area contributed by atoms with Crippen LogP contribution in [0.4, 0.5) is 4.79 Å². The summed E-state index contributed by atoms with van der Waals surface area (Å²) >= 11 is 0. The quantitative estimate of drug-likeness (QED) is 0.748. The van der Waals surface area contributed by atoms with E-state index in [-0.39, 0.29) is 12.5 Å². The molecule has 25 heavy (non-hydrogen) atoms. The number of carbonyl (C=O) groups is 2. The Bertz CT molecular complexity index is 968. The maximum absolute atomic E-state index is 13.0. The molecule has 1 aliphatic rings. The SMILES string of the molecule is CC1(c2ccccn2)NC(=O)N(Cc2cccc3cccnc23)C1=O. The molecule has 1 fully saturated rings. The van der Waals surface area contributed by atoms with Crippen LogP contribution in [0, 0.1) is 0 Å². The highest BCUT2D eigenvalue weighted by Crippen LogP contribution is 2.29. The third kappa shape index (κ3) is 2.42. The summed E-state index contributed by atoms with van der Waals surface area (Å²) in [7, 11) is 0. The fourth-order valence-electron chi connectivity index (χ4n) is 3.14. The van der Waals surface area contributed by atoms with Crippen molar-refractivity contribution in [2.45, 2.75) is 19.0 Å². The number of hydrogen-bond acceptors (Lipinski definition) is 4. The van der Waals surface area contributed by atoms with Crippen LogP contribution in [-0.2, 0) is 16.9 Å². The predicted molar refractivity (Wildman–Crippen MR) is 92.4 cm³/mol. The number of carbonyl (C=O) groups excluding carboxylic acids is 2. The highest BCUT2D eigenvalue weighted by Gasteiger charge is 2.49. The monoisotopic (exact) mass is 332 g/mol. The topological polar surface area (TPSA) is 75.2 Å². The maximum atomic E-state index is 13.0. The Morgan fingerprint density at radius 1 is 1.00 bits per heavy atom. The Labute approximate surface area is 144 Å². The van der Waals surface area contributed by atoms with Gasteiger partial charge in [0.1, 0.15) is 0 Å². The van der Waals surface area contributed by atoms with E-state index in [0.717, 1.165) is 16.5 Å². The van der Waals surface area contributed by atoms with Crippen molar-refractivity contribution >= 4 is 22.8 Å². The van der Waals surface area contributed by atoms with Crippen molar-refractivity contribution in [3.05, 3.63) is 72.2 Å². The van der Waals surface area contributed by atoms with E-state index >= 15 is 0 Å². The summed E-state index contributed by atoms with van der Waals surface area (Å²) in [6, 6.07) is 14.4. The van der Waals surface area contributed by atoms with E-state index in [2.05, 4.69) is 15.3 Å². The Morgan fingerprint density at radius 2 is 1.80 bits per heavy atom. The lowest BCUT2D eigenvalue weighted by Crippen LogP contribution is -2.41. The largest absolute Gasteiger partial charge is 0.325 e. The zero-order valence-corrected chi connectivity index (χ0v) is 13.6. The molecule has 1 unspecified atom stereocenters. The third-order valence-corrected chi connectivity index (χ3v) is 4.50. The number of aromatic nitrogens is 2. The van der Waals surface area contributed by atoms with Crippen LogP contribution in [0.3, 0.4) is 0 Å². The van der Waals surface area contributed by atoms with Crippen molar-refractivity contribution < 1.29 is 9.59 Å². The Morgan fingerprint density at radius 3 is 2.60 bits per heavy atom. The zero-order chi connectivity index (χ0) is 17.4. The van der Waals surface area contributed by atoms with E-state index in [1.807, 2.05) is 30.3 Å². The lowest BCUT2D eigenvalue weighted by atomic mass is 9.97. The van der Waals surface area contributed by atoms with Crippen molar-refractivity contribution in [3.63, 3.8) is 0 Å². The van der Waals surface area contributed by atoms with Gasteiger partial charge < -0.3 is 5.32 Å². The van der Waals surface area contributed by atoms with Gasteiger partial charge in [0.25, 0.3) is 5.91 Å². The molecule has 0 spiro atoms. The van der Waals surface area contributed by atoms with Gasteiger partial charge in [0.2, 0.25) is 0 Å². The second kappa shape index (κ2) is 5.66. The third-order valence-electron chi connectivity index (χ3n) is 4.50. The molecule has 1 aromatic carbocycles. The van der Waals surface area contributed by atoms with Gasteiger partial charge in [0.05, 0.1) is 17.8 Å². The molecule has 1 saturated heterocycles. The first kappa shape index (κ1) is 15.3. The van der Waals surface area contributed by atoms with Gasteiger partial charge in [-0.25, -0.2) is 4.79 Å². The van der Waals surface area contributed by atoms with Crippen molar-refractivity contribution in [1.82, 2.24) is 20.2 Å². The van der Waals surface area contributed by atoms with E-state index in [9.17, 15) is 9.59 Å². The molecular weight excluding hydrogens is 316 g/mol. The molecule has 3 amide bonds. The van der Waals surface area contributed by atoms with Crippen LogP contribution < -0.4 is 5.32 Å². The van der Waals surface area contributed by atoms with Crippen LogP contribution >= 0.6 is 0 Å².